The molecule has 4 fully saturated rings. The van der Waals surface area contributed by atoms with Crippen LogP contribution in [0.4, 0.5) is 5.95 Å². The second kappa shape index (κ2) is 7.50. The third kappa shape index (κ3) is 3.04. The molecule has 0 amide bonds. The normalized spacial score (nSPS) is 34.2. The first-order valence-corrected chi connectivity index (χ1v) is 10.9. The van der Waals surface area contributed by atoms with E-state index in [0.717, 1.165) is 44.4 Å². The van der Waals surface area contributed by atoms with Gasteiger partial charge in [0.2, 0.25) is 5.95 Å². The third-order valence-corrected chi connectivity index (χ3v) is 7.40. The maximum atomic E-state index is 6.13. The van der Waals surface area contributed by atoms with Crippen molar-refractivity contribution in [2.45, 2.75) is 63.1 Å². The zero-order chi connectivity index (χ0) is 19.0. The van der Waals surface area contributed by atoms with Gasteiger partial charge in [-0.1, -0.05) is 12.8 Å². The number of anilines is 1. The summed E-state index contributed by atoms with van der Waals surface area (Å²) < 4.78 is 6.13. The van der Waals surface area contributed by atoms with Crippen molar-refractivity contribution in [1.82, 2.24) is 20.6 Å². The van der Waals surface area contributed by atoms with Crippen LogP contribution in [0.15, 0.2) is 23.5 Å². The molecule has 152 valence electrons. The standard InChI is InChI=1S/C21H32N6O/c1-22-19(25-15-6-4-12-27(14-15)20-23-10-5-11-24-20)26-17-16-7-13-28-18(16)21(17)8-2-3-9-21/h5,10-11,15-18H,2-4,6-9,12-14H2,1H3,(H2,22,25,26). The van der Waals surface area contributed by atoms with Gasteiger partial charge in [0, 0.05) is 62.6 Å². The molecule has 2 N–H and O–H groups in total. The van der Waals surface area contributed by atoms with Gasteiger partial charge in [-0.25, -0.2) is 9.97 Å². The second-order valence-corrected chi connectivity index (χ2v) is 8.86. The number of rotatable bonds is 3. The second-order valence-electron chi connectivity index (χ2n) is 8.86. The van der Waals surface area contributed by atoms with Crippen LogP contribution in [0.25, 0.3) is 0 Å². The summed E-state index contributed by atoms with van der Waals surface area (Å²) in [6, 6.07) is 2.73. The number of fused-ring (bicyclic) bond motifs is 2. The topological polar surface area (TPSA) is 74.7 Å². The van der Waals surface area contributed by atoms with Crippen LogP contribution in [-0.2, 0) is 4.74 Å². The lowest BCUT2D eigenvalue weighted by Crippen LogP contribution is -2.69. The fourth-order valence-electron chi connectivity index (χ4n) is 6.15. The molecule has 4 aliphatic rings. The lowest BCUT2D eigenvalue weighted by molar-refractivity contribution is -0.125. The predicted molar refractivity (Wildman–Crippen MR) is 109 cm³/mol. The molecule has 1 aromatic heterocycles. The summed E-state index contributed by atoms with van der Waals surface area (Å²) in [5.74, 6) is 2.42. The van der Waals surface area contributed by atoms with Crippen molar-refractivity contribution in [3.8, 4) is 0 Å². The molecular weight excluding hydrogens is 352 g/mol. The highest BCUT2D eigenvalue weighted by atomic mass is 16.5. The molecule has 2 saturated carbocycles. The van der Waals surface area contributed by atoms with E-state index in [2.05, 4.69) is 30.5 Å². The molecule has 2 aliphatic heterocycles. The SMILES string of the molecule is CN=C(NC1CCCN(c2ncccn2)C1)NC1C2CCOC2C12CCCC2. The molecule has 0 bridgehead atoms. The van der Waals surface area contributed by atoms with Crippen LogP contribution in [-0.4, -0.2) is 60.9 Å². The van der Waals surface area contributed by atoms with E-state index >= 15 is 0 Å². The first kappa shape index (κ1) is 18.2. The molecule has 4 atom stereocenters. The number of guanidine groups is 1. The molecule has 4 unspecified atom stereocenters. The number of piperidine rings is 1. The summed E-state index contributed by atoms with van der Waals surface area (Å²) >= 11 is 0. The van der Waals surface area contributed by atoms with E-state index in [-0.39, 0.29) is 0 Å². The highest BCUT2D eigenvalue weighted by Crippen LogP contribution is 2.60. The molecule has 5 rings (SSSR count). The molecule has 2 saturated heterocycles. The van der Waals surface area contributed by atoms with E-state index in [4.69, 9.17) is 4.74 Å². The van der Waals surface area contributed by atoms with Gasteiger partial charge < -0.3 is 20.3 Å². The Kier molecular flexibility index (Phi) is 4.87. The lowest BCUT2D eigenvalue weighted by atomic mass is 9.54. The van der Waals surface area contributed by atoms with Crippen molar-refractivity contribution < 1.29 is 4.74 Å². The van der Waals surface area contributed by atoms with Gasteiger partial charge in [0.1, 0.15) is 0 Å². The van der Waals surface area contributed by atoms with Crippen LogP contribution in [0.2, 0.25) is 0 Å². The predicted octanol–water partition coefficient (Wildman–Crippen LogP) is 1.96. The summed E-state index contributed by atoms with van der Waals surface area (Å²) in [5.41, 5.74) is 0.343. The number of aliphatic imine (C=N–C) groups is 1. The highest BCUT2D eigenvalue weighted by Gasteiger charge is 2.65. The first-order valence-electron chi connectivity index (χ1n) is 10.9. The van der Waals surface area contributed by atoms with E-state index in [9.17, 15) is 0 Å². The molecule has 7 heteroatoms. The van der Waals surface area contributed by atoms with E-state index in [1.165, 1.54) is 32.1 Å². The highest BCUT2D eigenvalue weighted by molar-refractivity contribution is 5.80. The number of nitrogens with one attached hydrogen (secondary N) is 2. The molecule has 28 heavy (non-hydrogen) atoms. The minimum atomic E-state index is 0.343. The smallest absolute Gasteiger partial charge is 0.225 e. The average Bonchev–Trinajstić information content (AvgIpc) is 3.41. The van der Waals surface area contributed by atoms with Crippen molar-refractivity contribution in [2.24, 2.45) is 16.3 Å². The van der Waals surface area contributed by atoms with Crippen molar-refractivity contribution in [3.63, 3.8) is 0 Å². The van der Waals surface area contributed by atoms with Gasteiger partial charge in [-0.3, -0.25) is 4.99 Å². The van der Waals surface area contributed by atoms with E-state index < -0.39 is 0 Å². The Labute approximate surface area is 167 Å². The van der Waals surface area contributed by atoms with Crippen LogP contribution < -0.4 is 15.5 Å². The van der Waals surface area contributed by atoms with E-state index in [1.807, 2.05) is 25.5 Å². The molecule has 0 aromatic carbocycles. The fraction of sp³-hybridized carbons (Fsp3) is 0.762. The van der Waals surface area contributed by atoms with Crippen LogP contribution in [0.5, 0.6) is 0 Å². The lowest BCUT2D eigenvalue weighted by Gasteiger charge is -2.57. The number of ether oxygens (including phenoxy) is 1. The number of nitrogens with zero attached hydrogens (tertiary/aromatic N) is 4. The van der Waals surface area contributed by atoms with Gasteiger partial charge in [-0.05, 0) is 38.2 Å². The van der Waals surface area contributed by atoms with Crippen molar-refractivity contribution in [2.75, 3.05) is 31.6 Å². The summed E-state index contributed by atoms with van der Waals surface area (Å²) in [5, 5.41) is 7.51. The van der Waals surface area contributed by atoms with Gasteiger partial charge >= 0.3 is 0 Å². The van der Waals surface area contributed by atoms with E-state index in [0.29, 0.717) is 29.5 Å². The summed E-state index contributed by atoms with van der Waals surface area (Å²) in [6.07, 6.45) is 12.9. The van der Waals surface area contributed by atoms with Gasteiger partial charge in [0.15, 0.2) is 5.96 Å². The van der Waals surface area contributed by atoms with Crippen LogP contribution in [0, 0.1) is 11.3 Å². The third-order valence-electron chi connectivity index (χ3n) is 7.40. The molecule has 7 nitrogen and oxygen atoms in total. The maximum Gasteiger partial charge on any atom is 0.225 e. The Morgan fingerprint density at radius 1 is 1.18 bits per heavy atom. The molecular formula is C21H32N6O. The minimum Gasteiger partial charge on any atom is -0.377 e. The summed E-state index contributed by atoms with van der Waals surface area (Å²) in [4.78, 5) is 15.7. The Hall–Kier alpha value is -1.89. The monoisotopic (exact) mass is 384 g/mol. The molecule has 3 heterocycles. The van der Waals surface area contributed by atoms with Gasteiger partial charge in [-0.2, -0.15) is 0 Å². The zero-order valence-corrected chi connectivity index (χ0v) is 16.8. The Bertz CT molecular complexity index is 704. The largest absolute Gasteiger partial charge is 0.377 e. The Morgan fingerprint density at radius 2 is 2.00 bits per heavy atom. The van der Waals surface area contributed by atoms with Gasteiger partial charge in [-0.15, -0.1) is 0 Å². The molecule has 1 spiro atoms. The molecule has 0 radical (unpaired) electrons. The summed E-state index contributed by atoms with van der Waals surface area (Å²) in [6.45, 7) is 2.85. The van der Waals surface area contributed by atoms with Gasteiger partial charge in [0.05, 0.1) is 6.10 Å². The zero-order valence-electron chi connectivity index (χ0n) is 16.8. The number of hydrogen-bond donors (Lipinski definition) is 2. The van der Waals surface area contributed by atoms with Crippen molar-refractivity contribution >= 4 is 11.9 Å². The van der Waals surface area contributed by atoms with Crippen LogP contribution in [0.3, 0.4) is 0 Å². The fourth-order valence-corrected chi connectivity index (χ4v) is 6.15. The quantitative estimate of drug-likeness (QED) is 0.613. The van der Waals surface area contributed by atoms with Crippen molar-refractivity contribution in [3.05, 3.63) is 18.5 Å². The average molecular weight is 385 g/mol. The first-order chi connectivity index (χ1) is 13.8. The number of aromatic nitrogens is 2. The van der Waals surface area contributed by atoms with Crippen molar-refractivity contribution in [1.29, 1.82) is 0 Å². The van der Waals surface area contributed by atoms with Gasteiger partial charge in [0.25, 0.3) is 0 Å². The molecule has 2 aliphatic carbocycles. The van der Waals surface area contributed by atoms with E-state index in [1.54, 1.807) is 0 Å². The van der Waals surface area contributed by atoms with Crippen LogP contribution >= 0.6 is 0 Å². The Balaban J connectivity index is 1.23. The molecule has 1 aromatic rings. The summed E-state index contributed by atoms with van der Waals surface area (Å²) in [7, 11) is 1.89. The minimum absolute atomic E-state index is 0.343. The number of hydrogen-bond acceptors (Lipinski definition) is 5. The van der Waals surface area contributed by atoms with Crippen LogP contribution in [0.1, 0.15) is 44.9 Å². The Morgan fingerprint density at radius 3 is 2.79 bits per heavy atom. The maximum absolute atomic E-state index is 6.13.